The third-order valence-corrected chi connectivity index (χ3v) is 2.84. The minimum atomic E-state index is -0.319. The summed E-state index contributed by atoms with van der Waals surface area (Å²) < 4.78 is 11.1. The molecule has 1 fully saturated rings. The van der Waals surface area contributed by atoms with Gasteiger partial charge in [-0.05, 0) is 25.7 Å². The molecule has 1 rings (SSSR count). The Balaban J connectivity index is 2.06. The second-order valence-corrected chi connectivity index (χ2v) is 4.67. The normalized spacial score (nSPS) is 30.6. The highest BCUT2D eigenvalue weighted by Crippen LogP contribution is 2.27. The van der Waals surface area contributed by atoms with Crippen LogP contribution >= 0.6 is 0 Å². The van der Waals surface area contributed by atoms with Crippen LogP contribution < -0.4 is 0 Å². The van der Waals surface area contributed by atoms with E-state index in [1.807, 2.05) is 6.92 Å². The van der Waals surface area contributed by atoms with Crippen LogP contribution in [0.3, 0.4) is 0 Å². The summed E-state index contributed by atoms with van der Waals surface area (Å²) in [6, 6.07) is 0. The molecule has 0 saturated heterocycles. The fraction of sp³-hybridized carbons (Fsp3) is 1.00. The van der Waals surface area contributed by atoms with E-state index in [1.165, 1.54) is 6.42 Å². The lowest BCUT2D eigenvalue weighted by molar-refractivity contribution is -0.190. The fourth-order valence-corrected chi connectivity index (χ4v) is 1.86. The predicted molar refractivity (Wildman–Crippen MR) is 59.8 cm³/mol. The molecule has 0 spiro atoms. The molecule has 3 atom stereocenters. The van der Waals surface area contributed by atoms with E-state index in [2.05, 4.69) is 13.8 Å². The van der Waals surface area contributed by atoms with Crippen molar-refractivity contribution in [2.24, 2.45) is 5.92 Å². The van der Waals surface area contributed by atoms with Crippen LogP contribution in [-0.4, -0.2) is 36.6 Å². The lowest BCUT2D eigenvalue weighted by Gasteiger charge is -2.40. The number of aliphatic hydroxyl groups is 1. The molecule has 1 aliphatic carbocycles. The Morgan fingerprint density at radius 2 is 2.07 bits per heavy atom. The molecule has 15 heavy (non-hydrogen) atoms. The lowest BCUT2D eigenvalue weighted by Crippen LogP contribution is -2.53. The molecule has 0 amide bonds. The molecule has 0 heterocycles. The van der Waals surface area contributed by atoms with E-state index in [0.717, 1.165) is 25.4 Å². The molecular weight excluding hydrogens is 192 g/mol. The molecule has 3 unspecified atom stereocenters. The predicted octanol–water partition coefficient (Wildman–Crippen LogP) is 1.98. The van der Waals surface area contributed by atoms with E-state index < -0.39 is 0 Å². The van der Waals surface area contributed by atoms with E-state index >= 15 is 0 Å². The highest BCUT2D eigenvalue weighted by Gasteiger charge is 2.41. The van der Waals surface area contributed by atoms with Crippen molar-refractivity contribution in [3.63, 3.8) is 0 Å². The van der Waals surface area contributed by atoms with E-state index in [4.69, 9.17) is 9.47 Å². The minimum absolute atomic E-state index is 0.0888. The van der Waals surface area contributed by atoms with Gasteiger partial charge in [-0.15, -0.1) is 0 Å². The molecule has 0 aromatic rings. The number of aliphatic hydroxyl groups excluding tert-OH is 1. The maximum atomic E-state index is 9.45. The smallest absolute Gasteiger partial charge is 0.110 e. The molecule has 1 N–H and O–H groups in total. The van der Waals surface area contributed by atoms with E-state index in [1.54, 1.807) is 0 Å². The van der Waals surface area contributed by atoms with Gasteiger partial charge in [-0.2, -0.15) is 0 Å². The monoisotopic (exact) mass is 216 g/mol. The number of hydrogen-bond donors (Lipinski definition) is 1. The number of ether oxygens (including phenoxy) is 2. The summed E-state index contributed by atoms with van der Waals surface area (Å²) in [7, 11) is 0. The first-order chi connectivity index (χ1) is 7.15. The molecule has 3 nitrogen and oxygen atoms in total. The van der Waals surface area contributed by atoms with Crippen molar-refractivity contribution in [3.8, 4) is 0 Å². The zero-order valence-corrected chi connectivity index (χ0v) is 10.1. The molecule has 3 heteroatoms. The molecule has 0 radical (unpaired) electrons. The molecule has 1 aliphatic rings. The minimum Gasteiger partial charge on any atom is -0.390 e. The summed E-state index contributed by atoms with van der Waals surface area (Å²) in [5.41, 5.74) is 0. The first kappa shape index (κ1) is 12.9. The number of hydrogen-bond acceptors (Lipinski definition) is 3. The van der Waals surface area contributed by atoms with Gasteiger partial charge >= 0.3 is 0 Å². The van der Waals surface area contributed by atoms with Crippen LogP contribution in [0.2, 0.25) is 0 Å². The van der Waals surface area contributed by atoms with Crippen LogP contribution in [0.1, 0.15) is 40.0 Å². The van der Waals surface area contributed by atoms with Gasteiger partial charge in [0.1, 0.15) is 6.10 Å². The maximum Gasteiger partial charge on any atom is 0.110 e. The van der Waals surface area contributed by atoms with Crippen LogP contribution in [0.15, 0.2) is 0 Å². The Morgan fingerprint density at radius 3 is 2.60 bits per heavy atom. The van der Waals surface area contributed by atoms with Crippen molar-refractivity contribution < 1.29 is 14.6 Å². The molecule has 0 aromatic heterocycles. The van der Waals surface area contributed by atoms with E-state index in [9.17, 15) is 5.11 Å². The second kappa shape index (κ2) is 6.46. The van der Waals surface area contributed by atoms with Gasteiger partial charge in [0.25, 0.3) is 0 Å². The Hall–Kier alpha value is -0.120. The van der Waals surface area contributed by atoms with Gasteiger partial charge in [-0.25, -0.2) is 0 Å². The van der Waals surface area contributed by atoms with Crippen LogP contribution in [0.5, 0.6) is 0 Å². The summed E-state index contributed by atoms with van der Waals surface area (Å²) in [6.07, 6.45) is 2.74. The van der Waals surface area contributed by atoms with Gasteiger partial charge in [-0.1, -0.05) is 13.8 Å². The van der Waals surface area contributed by atoms with Gasteiger partial charge in [0.05, 0.1) is 12.2 Å². The third kappa shape index (κ3) is 4.09. The molecule has 1 saturated carbocycles. The van der Waals surface area contributed by atoms with Crippen LogP contribution in [0, 0.1) is 5.92 Å². The average Bonchev–Trinajstić information content (AvgIpc) is 2.18. The zero-order chi connectivity index (χ0) is 11.3. The topological polar surface area (TPSA) is 38.7 Å². The molecule has 90 valence electrons. The quantitative estimate of drug-likeness (QED) is 0.661. The fourth-order valence-electron chi connectivity index (χ4n) is 1.86. The van der Waals surface area contributed by atoms with Crippen LogP contribution in [0.4, 0.5) is 0 Å². The summed E-state index contributed by atoms with van der Waals surface area (Å²) in [5.74, 6) is 0.739. The summed E-state index contributed by atoms with van der Waals surface area (Å²) in [5, 5.41) is 9.45. The van der Waals surface area contributed by atoms with Crippen molar-refractivity contribution in [1.82, 2.24) is 0 Å². The van der Waals surface area contributed by atoms with Crippen LogP contribution in [0.25, 0.3) is 0 Å². The Bertz CT molecular complexity index is 170. The molecular formula is C12H24O3. The van der Waals surface area contributed by atoms with Gasteiger partial charge in [-0.3, -0.25) is 0 Å². The van der Waals surface area contributed by atoms with E-state index in [0.29, 0.717) is 6.61 Å². The van der Waals surface area contributed by atoms with Crippen molar-refractivity contribution in [2.45, 2.75) is 58.3 Å². The molecule has 0 aromatic carbocycles. The Labute approximate surface area is 92.8 Å². The summed E-state index contributed by atoms with van der Waals surface area (Å²) >= 11 is 0. The van der Waals surface area contributed by atoms with Crippen molar-refractivity contribution in [3.05, 3.63) is 0 Å². The molecule has 0 aliphatic heterocycles. The second-order valence-electron chi connectivity index (χ2n) is 4.67. The van der Waals surface area contributed by atoms with Crippen molar-refractivity contribution in [1.29, 1.82) is 0 Å². The Kier molecular flexibility index (Phi) is 5.58. The summed E-state index contributed by atoms with van der Waals surface area (Å²) in [6.45, 7) is 7.82. The van der Waals surface area contributed by atoms with Gasteiger partial charge in [0, 0.05) is 19.6 Å². The zero-order valence-electron chi connectivity index (χ0n) is 10.1. The van der Waals surface area contributed by atoms with E-state index in [-0.39, 0.29) is 18.3 Å². The van der Waals surface area contributed by atoms with Gasteiger partial charge < -0.3 is 14.6 Å². The largest absolute Gasteiger partial charge is 0.390 e. The first-order valence-corrected chi connectivity index (χ1v) is 6.06. The number of rotatable bonds is 7. The maximum absolute atomic E-state index is 9.45. The van der Waals surface area contributed by atoms with Crippen LogP contribution in [-0.2, 0) is 9.47 Å². The van der Waals surface area contributed by atoms with Crippen molar-refractivity contribution >= 4 is 0 Å². The van der Waals surface area contributed by atoms with Crippen molar-refractivity contribution in [2.75, 3.05) is 13.2 Å². The lowest BCUT2D eigenvalue weighted by atomic mass is 9.88. The first-order valence-electron chi connectivity index (χ1n) is 6.06. The third-order valence-electron chi connectivity index (χ3n) is 2.84. The highest BCUT2D eigenvalue weighted by atomic mass is 16.6. The average molecular weight is 216 g/mol. The molecule has 0 bridgehead atoms. The standard InChI is InChI=1S/C12H24O3/c1-4-14-12-10(13)8-11(12)15-7-5-6-9(2)3/h9-13H,4-8H2,1-3H3. The summed E-state index contributed by atoms with van der Waals surface area (Å²) in [4.78, 5) is 0. The Morgan fingerprint density at radius 1 is 1.33 bits per heavy atom. The van der Waals surface area contributed by atoms with Gasteiger partial charge in [0.15, 0.2) is 0 Å². The van der Waals surface area contributed by atoms with Gasteiger partial charge in [0.2, 0.25) is 0 Å². The highest BCUT2D eigenvalue weighted by molar-refractivity contribution is 4.91. The SMILES string of the molecule is CCOC1C(O)CC1OCCCC(C)C.